The minimum atomic E-state index is -0.294. The first-order valence-corrected chi connectivity index (χ1v) is 8.99. The fraction of sp³-hybridized carbons (Fsp3) is 0. The fourth-order valence-corrected chi connectivity index (χ4v) is 2.78. The number of halogens is 1. The molecule has 4 rings (SSSR count). The number of hydrogen-bond acceptors (Lipinski definition) is 4. The lowest BCUT2D eigenvalue weighted by atomic mass is 10.1. The predicted octanol–water partition coefficient (Wildman–Crippen LogP) is 5.28. The molecule has 1 amide bonds. The van der Waals surface area contributed by atoms with Gasteiger partial charge in [-0.05, 0) is 60.7 Å². The van der Waals surface area contributed by atoms with Crippen LogP contribution in [0.3, 0.4) is 0 Å². The van der Waals surface area contributed by atoms with E-state index in [0.29, 0.717) is 17.1 Å². The number of carbonyl (C=O) groups excluding carboxylic acids is 1. The molecule has 0 fully saturated rings. The number of carbonyl (C=O) groups is 1. The van der Waals surface area contributed by atoms with E-state index in [9.17, 15) is 9.18 Å². The number of rotatable bonds is 5. The van der Waals surface area contributed by atoms with E-state index in [0.717, 1.165) is 16.9 Å². The number of nitrogens with one attached hydrogen (secondary N) is 2. The molecule has 0 saturated carbocycles. The Labute approximate surface area is 167 Å². The Morgan fingerprint density at radius 3 is 2.24 bits per heavy atom. The number of para-hydroxylation sites is 1. The summed E-state index contributed by atoms with van der Waals surface area (Å²) in [6, 6.07) is 24.3. The number of anilines is 3. The molecule has 142 valence electrons. The summed E-state index contributed by atoms with van der Waals surface area (Å²) in [5, 5.41) is 6.03. The van der Waals surface area contributed by atoms with E-state index in [1.165, 1.54) is 18.5 Å². The monoisotopic (exact) mass is 384 g/mol. The number of aromatic nitrogens is 2. The van der Waals surface area contributed by atoms with Crippen LogP contribution >= 0.6 is 0 Å². The highest BCUT2D eigenvalue weighted by molar-refractivity contribution is 6.04. The van der Waals surface area contributed by atoms with Gasteiger partial charge in [0.05, 0.1) is 5.69 Å². The zero-order valence-corrected chi connectivity index (χ0v) is 15.3. The Balaban J connectivity index is 1.45. The molecule has 1 aromatic heterocycles. The Bertz CT molecular complexity index is 1110. The number of benzene rings is 3. The highest BCUT2D eigenvalue weighted by Gasteiger charge is 2.07. The summed E-state index contributed by atoms with van der Waals surface area (Å²) < 4.78 is 13.1. The second-order valence-corrected chi connectivity index (χ2v) is 6.32. The quantitative estimate of drug-likeness (QED) is 0.491. The highest BCUT2D eigenvalue weighted by Crippen LogP contribution is 2.22. The third-order valence-corrected chi connectivity index (χ3v) is 4.26. The van der Waals surface area contributed by atoms with Crippen molar-refractivity contribution in [1.29, 1.82) is 0 Å². The molecule has 0 saturated heterocycles. The molecule has 6 heteroatoms. The lowest BCUT2D eigenvalue weighted by Crippen LogP contribution is -2.11. The predicted molar refractivity (Wildman–Crippen MR) is 112 cm³/mol. The standard InChI is InChI=1S/C23H17FN4O/c24-18-10-6-16(7-11-18)21-14-22(26-15-25-21)27-20-12-8-17(9-13-20)23(29)28-19-4-2-1-3-5-19/h1-15H,(H,28,29)(H,25,26,27). The summed E-state index contributed by atoms with van der Waals surface area (Å²) in [4.78, 5) is 20.8. The SMILES string of the molecule is O=C(Nc1ccccc1)c1ccc(Nc2cc(-c3ccc(F)cc3)ncn2)cc1. The molecular formula is C23H17FN4O. The molecule has 0 aliphatic rings. The summed E-state index contributed by atoms with van der Waals surface area (Å²) >= 11 is 0. The fourth-order valence-electron chi connectivity index (χ4n) is 2.78. The van der Waals surface area contributed by atoms with Crippen LogP contribution in [0.5, 0.6) is 0 Å². The Morgan fingerprint density at radius 2 is 1.52 bits per heavy atom. The molecular weight excluding hydrogens is 367 g/mol. The van der Waals surface area contributed by atoms with Crippen LogP contribution < -0.4 is 10.6 Å². The summed E-state index contributed by atoms with van der Waals surface area (Å²) in [7, 11) is 0. The van der Waals surface area contributed by atoms with E-state index in [1.54, 1.807) is 42.5 Å². The second-order valence-electron chi connectivity index (χ2n) is 6.32. The molecule has 0 atom stereocenters. The van der Waals surface area contributed by atoms with Crippen LogP contribution in [0, 0.1) is 5.82 Å². The van der Waals surface area contributed by atoms with Crippen molar-refractivity contribution < 1.29 is 9.18 Å². The van der Waals surface area contributed by atoms with Crippen molar-refractivity contribution in [3.05, 3.63) is 103 Å². The van der Waals surface area contributed by atoms with Gasteiger partial charge in [0.1, 0.15) is 18.0 Å². The summed E-state index contributed by atoms with van der Waals surface area (Å²) in [6.45, 7) is 0. The van der Waals surface area contributed by atoms with Gasteiger partial charge in [0.25, 0.3) is 5.91 Å². The Kier molecular flexibility index (Phi) is 5.25. The molecule has 3 aromatic carbocycles. The van der Waals surface area contributed by atoms with E-state index in [4.69, 9.17) is 0 Å². The average Bonchev–Trinajstić information content (AvgIpc) is 2.76. The normalized spacial score (nSPS) is 10.4. The zero-order valence-electron chi connectivity index (χ0n) is 15.3. The largest absolute Gasteiger partial charge is 0.340 e. The van der Waals surface area contributed by atoms with Gasteiger partial charge in [0.15, 0.2) is 0 Å². The Morgan fingerprint density at radius 1 is 0.793 bits per heavy atom. The molecule has 5 nitrogen and oxygen atoms in total. The van der Waals surface area contributed by atoms with E-state index < -0.39 is 0 Å². The van der Waals surface area contributed by atoms with Gasteiger partial charge in [-0.1, -0.05) is 18.2 Å². The highest BCUT2D eigenvalue weighted by atomic mass is 19.1. The third-order valence-electron chi connectivity index (χ3n) is 4.26. The van der Waals surface area contributed by atoms with Crippen molar-refractivity contribution >= 4 is 23.1 Å². The van der Waals surface area contributed by atoms with Crippen molar-refractivity contribution in [2.45, 2.75) is 0 Å². The maximum Gasteiger partial charge on any atom is 0.255 e. The summed E-state index contributed by atoms with van der Waals surface area (Å²) in [5.74, 6) is 0.127. The number of amides is 1. The van der Waals surface area contributed by atoms with Gasteiger partial charge < -0.3 is 10.6 Å². The molecule has 0 spiro atoms. The number of nitrogens with zero attached hydrogens (tertiary/aromatic N) is 2. The van der Waals surface area contributed by atoms with Crippen LogP contribution in [0.15, 0.2) is 91.3 Å². The van der Waals surface area contributed by atoms with Crippen LogP contribution in [-0.2, 0) is 0 Å². The zero-order chi connectivity index (χ0) is 20.1. The van der Waals surface area contributed by atoms with Crippen molar-refractivity contribution in [3.8, 4) is 11.3 Å². The Hall–Kier alpha value is -4.06. The van der Waals surface area contributed by atoms with Crippen LogP contribution in [0.25, 0.3) is 11.3 Å². The van der Waals surface area contributed by atoms with Crippen LogP contribution in [-0.4, -0.2) is 15.9 Å². The maximum absolute atomic E-state index is 13.1. The lowest BCUT2D eigenvalue weighted by Gasteiger charge is -2.09. The minimum absolute atomic E-state index is 0.177. The molecule has 0 radical (unpaired) electrons. The van der Waals surface area contributed by atoms with Crippen LogP contribution in [0.2, 0.25) is 0 Å². The first kappa shape index (κ1) is 18.3. The van der Waals surface area contributed by atoms with Crippen molar-refractivity contribution in [1.82, 2.24) is 9.97 Å². The van der Waals surface area contributed by atoms with Crippen molar-refractivity contribution in [2.24, 2.45) is 0 Å². The van der Waals surface area contributed by atoms with Crippen molar-refractivity contribution in [3.63, 3.8) is 0 Å². The molecule has 0 aliphatic heterocycles. The van der Waals surface area contributed by atoms with E-state index in [-0.39, 0.29) is 11.7 Å². The molecule has 29 heavy (non-hydrogen) atoms. The third kappa shape index (κ3) is 4.62. The average molecular weight is 384 g/mol. The smallest absolute Gasteiger partial charge is 0.255 e. The summed E-state index contributed by atoms with van der Waals surface area (Å²) in [5.41, 5.74) is 3.55. The van der Waals surface area contributed by atoms with Crippen LogP contribution in [0.4, 0.5) is 21.6 Å². The van der Waals surface area contributed by atoms with Gasteiger partial charge in [0, 0.05) is 28.6 Å². The van der Waals surface area contributed by atoms with E-state index >= 15 is 0 Å². The van der Waals surface area contributed by atoms with Gasteiger partial charge in [-0.15, -0.1) is 0 Å². The van der Waals surface area contributed by atoms with Gasteiger partial charge in [-0.25, -0.2) is 14.4 Å². The topological polar surface area (TPSA) is 66.9 Å². The van der Waals surface area contributed by atoms with E-state index in [2.05, 4.69) is 20.6 Å². The molecule has 0 aliphatic carbocycles. The molecule has 4 aromatic rings. The van der Waals surface area contributed by atoms with Gasteiger partial charge in [-0.3, -0.25) is 4.79 Å². The van der Waals surface area contributed by atoms with E-state index in [1.807, 2.05) is 30.3 Å². The second kappa shape index (κ2) is 8.31. The maximum atomic E-state index is 13.1. The molecule has 0 bridgehead atoms. The molecule has 0 unspecified atom stereocenters. The van der Waals surface area contributed by atoms with Gasteiger partial charge >= 0.3 is 0 Å². The lowest BCUT2D eigenvalue weighted by molar-refractivity contribution is 0.102. The van der Waals surface area contributed by atoms with Gasteiger partial charge in [-0.2, -0.15) is 0 Å². The number of hydrogen-bond donors (Lipinski definition) is 2. The first-order chi connectivity index (χ1) is 14.2. The molecule has 1 heterocycles. The molecule has 2 N–H and O–H groups in total. The summed E-state index contributed by atoms with van der Waals surface area (Å²) in [6.07, 6.45) is 1.45. The first-order valence-electron chi connectivity index (χ1n) is 8.99. The van der Waals surface area contributed by atoms with Gasteiger partial charge in [0.2, 0.25) is 0 Å². The minimum Gasteiger partial charge on any atom is -0.340 e. The van der Waals surface area contributed by atoms with Crippen LogP contribution in [0.1, 0.15) is 10.4 Å². The van der Waals surface area contributed by atoms with Crippen molar-refractivity contribution in [2.75, 3.05) is 10.6 Å².